The molecule has 0 spiro atoms. The van der Waals surface area contributed by atoms with Gasteiger partial charge in [0, 0.05) is 12.6 Å². The van der Waals surface area contributed by atoms with Gasteiger partial charge in [-0.05, 0) is 35.0 Å². The fraction of sp³-hybridized carbons (Fsp3) is 0.0833. The molecule has 0 aliphatic rings. The minimum absolute atomic E-state index is 0. The predicted octanol–water partition coefficient (Wildman–Crippen LogP) is -1.29. The Morgan fingerprint density at radius 1 is 1.11 bits per heavy atom. The summed E-state index contributed by atoms with van der Waals surface area (Å²) < 4.78 is 32.7. The van der Waals surface area contributed by atoms with Crippen molar-refractivity contribution in [2.45, 2.75) is 11.8 Å². The Morgan fingerprint density at radius 3 is 2.32 bits per heavy atom. The van der Waals surface area contributed by atoms with Crippen LogP contribution in [0.25, 0.3) is 10.8 Å². The molecule has 5 nitrogen and oxygen atoms in total. The first-order chi connectivity index (χ1) is 8.36. The Balaban J connectivity index is 0.00000180. The molecule has 0 saturated heterocycles. The summed E-state index contributed by atoms with van der Waals surface area (Å²) in [5.74, 6) is -0.220. The maximum absolute atomic E-state index is 10.9. The minimum atomic E-state index is -4.47. The zero-order valence-electron chi connectivity index (χ0n) is 10.5. The Kier molecular flexibility index (Phi) is 5.11. The Bertz CT molecular complexity index is 728. The van der Waals surface area contributed by atoms with E-state index in [1.54, 1.807) is 24.3 Å². The van der Waals surface area contributed by atoms with Crippen molar-refractivity contribution in [2.24, 2.45) is 0 Å². The van der Waals surface area contributed by atoms with Crippen LogP contribution in [-0.2, 0) is 14.9 Å². The molecule has 0 fully saturated rings. The Hall–Kier alpha value is -0.920. The molecule has 0 radical (unpaired) electrons. The van der Waals surface area contributed by atoms with E-state index in [2.05, 4.69) is 5.32 Å². The van der Waals surface area contributed by atoms with Crippen molar-refractivity contribution < 1.29 is 47.3 Å². The smallest absolute Gasteiger partial charge is 0.744 e. The summed E-state index contributed by atoms with van der Waals surface area (Å²) >= 11 is 0. The number of benzene rings is 2. The molecule has 0 saturated carbocycles. The van der Waals surface area contributed by atoms with Crippen molar-refractivity contribution in [1.82, 2.24) is 0 Å². The minimum Gasteiger partial charge on any atom is -0.744 e. The van der Waals surface area contributed by atoms with Crippen molar-refractivity contribution in [3.8, 4) is 0 Å². The van der Waals surface area contributed by atoms with Crippen LogP contribution < -0.4 is 34.9 Å². The molecule has 0 unspecified atom stereocenters. The zero-order valence-corrected chi connectivity index (χ0v) is 13.3. The van der Waals surface area contributed by atoms with E-state index in [9.17, 15) is 17.8 Å². The van der Waals surface area contributed by atoms with Gasteiger partial charge in [0.1, 0.15) is 10.1 Å². The largest absolute Gasteiger partial charge is 1.00 e. The summed E-state index contributed by atoms with van der Waals surface area (Å²) in [6, 6.07) is 9.17. The van der Waals surface area contributed by atoms with Crippen LogP contribution in [-0.4, -0.2) is 18.9 Å². The van der Waals surface area contributed by atoms with Gasteiger partial charge in [0.2, 0.25) is 5.91 Å². The molecule has 2 aromatic carbocycles. The normalized spacial score (nSPS) is 10.8. The van der Waals surface area contributed by atoms with Crippen LogP contribution in [0.3, 0.4) is 0 Å². The Morgan fingerprint density at radius 2 is 1.74 bits per heavy atom. The third-order valence-electron chi connectivity index (χ3n) is 2.42. The monoisotopic (exact) mass is 287 g/mol. The average molecular weight is 287 g/mol. The second kappa shape index (κ2) is 6.02. The topological polar surface area (TPSA) is 86.3 Å². The fourth-order valence-corrected chi connectivity index (χ4v) is 2.17. The van der Waals surface area contributed by atoms with Gasteiger partial charge in [-0.25, -0.2) is 8.42 Å². The van der Waals surface area contributed by atoms with E-state index in [1.807, 2.05) is 0 Å². The number of carbonyl (C=O) groups excluding carboxylic acids is 1. The molecule has 19 heavy (non-hydrogen) atoms. The zero-order chi connectivity index (χ0) is 13.3. The number of carbonyl (C=O) groups is 1. The van der Waals surface area contributed by atoms with Crippen LogP contribution >= 0.6 is 0 Å². The van der Waals surface area contributed by atoms with E-state index < -0.39 is 10.1 Å². The first-order valence-corrected chi connectivity index (χ1v) is 6.54. The molecule has 94 valence electrons. The van der Waals surface area contributed by atoms with Gasteiger partial charge >= 0.3 is 29.6 Å². The molecule has 0 aliphatic heterocycles. The summed E-state index contributed by atoms with van der Waals surface area (Å²) in [6.07, 6.45) is 0. The molecule has 0 aliphatic carbocycles. The summed E-state index contributed by atoms with van der Waals surface area (Å²) in [5, 5.41) is 3.96. The summed E-state index contributed by atoms with van der Waals surface area (Å²) in [4.78, 5) is 10.6. The van der Waals surface area contributed by atoms with E-state index in [-0.39, 0.29) is 40.4 Å². The van der Waals surface area contributed by atoms with Gasteiger partial charge in [-0.2, -0.15) is 0 Å². The number of hydrogen-bond donors (Lipinski definition) is 1. The van der Waals surface area contributed by atoms with Crippen LogP contribution in [0.5, 0.6) is 0 Å². The van der Waals surface area contributed by atoms with Crippen molar-refractivity contribution in [2.75, 3.05) is 5.32 Å². The van der Waals surface area contributed by atoms with Crippen LogP contribution in [0.4, 0.5) is 5.69 Å². The van der Waals surface area contributed by atoms with Crippen molar-refractivity contribution in [3.05, 3.63) is 36.4 Å². The number of anilines is 1. The molecule has 1 amide bonds. The second-order valence-corrected chi connectivity index (χ2v) is 5.24. The number of fused-ring (bicyclic) bond motifs is 1. The van der Waals surface area contributed by atoms with E-state index in [1.165, 1.54) is 19.1 Å². The van der Waals surface area contributed by atoms with Crippen molar-refractivity contribution >= 4 is 32.5 Å². The quantitative estimate of drug-likeness (QED) is 0.550. The first kappa shape index (κ1) is 16.1. The van der Waals surface area contributed by atoms with Crippen molar-refractivity contribution in [1.29, 1.82) is 0 Å². The first-order valence-electron chi connectivity index (χ1n) is 5.13. The van der Waals surface area contributed by atoms with Gasteiger partial charge in [0.05, 0.1) is 4.90 Å². The second-order valence-electron chi connectivity index (χ2n) is 3.86. The summed E-state index contributed by atoms with van der Waals surface area (Å²) in [6.45, 7) is 1.38. The van der Waals surface area contributed by atoms with E-state index >= 15 is 0 Å². The molecular weight excluding hydrogens is 277 g/mol. The van der Waals surface area contributed by atoms with Crippen LogP contribution in [0.15, 0.2) is 41.3 Å². The molecular formula is C12H10NNaO4S. The van der Waals surface area contributed by atoms with Crippen molar-refractivity contribution in [3.63, 3.8) is 0 Å². The van der Waals surface area contributed by atoms with Crippen LogP contribution in [0, 0.1) is 0 Å². The molecule has 2 aromatic rings. The van der Waals surface area contributed by atoms with E-state index in [4.69, 9.17) is 0 Å². The average Bonchev–Trinajstić information content (AvgIpc) is 2.26. The molecule has 1 N–H and O–H groups in total. The molecule has 0 bridgehead atoms. The number of amides is 1. The molecule has 0 atom stereocenters. The van der Waals surface area contributed by atoms with E-state index in [0.29, 0.717) is 11.1 Å². The third-order valence-corrected chi connectivity index (χ3v) is 3.25. The number of hydrogen-bond acceptors (Lipinski definition) is 4. The molecule has 0 aromatic heterocycles. The SMILES string of the molecule is CC(=O)Nc1ccc2ccc(S(=O)(=O)[O-])cc2c1.[Na+]. The fourth-order valence-electron chi connectivity index (χ4n) is 1.66. The Labute approximate surface area is 133 Å². The predicted molar refractivity (Wildman–Crippen MR) is 66.2 cm³/mol. The molecule has 2 rings (SSSR count). The standard InChI is InChI=1S/C12H11NO4S.Na/c1-8(14)13-11-4-2-9-3-5-12(18(15,16)17)7-10(9)6-11;/h2-7H,1H3,(H,13,14)(H,15,16,17);/q;+1/p-1. The maximum atomic E-state index is 10.9. The van der Waals surface area contributed by atoms with Crippen LogP contribution in [0.2, 0.25) is 0 Å². The van der Waals surface area contributed by atoms with Gasteiger partial charge in [-0.1, -0.05) is 12.1 Å². The summed E-state index contributed by atoms with van der Waals surface area (Å²) in [5.41, 5.74) is 0.551. The van der Waals surface area contributed by atoms with Gasteiger partial charge < -0.3 is 9.87 Å². The number of rotatable bonds is 2. The molecule has 7 heteroatoms. The van der Waals surface area contributed by atoms with Gasteiger partial charge in [0.25, 0.3) is 0 Å². The number of nitrogens with one attached hydrogen (secondary N) is 1. The third kappa shape index (κ3) is 4.02. The van der Waals surface area contributed by atoms with Gasteiger partial charge in [0.15, 0.2) is 0 Å². The van der Waals surface area contributed by atoms with E-state index in [0.717, 1.165) is 5.39 Å². The van der Waals surface area contributed by atoms with Gasteiger partial charge in [-0.15, -0.1) is 0 Å². The molecule has 0 heterocycles. The van der Waals surface area contributed by atoms with Crippen LogP contribution in [0.1, 0.15) is 6.92 Å². The summed E-state index contributed by atoms with van der Waals surface area (Å²) in [7, 11) is -4.47. The maximum Gasteiger partial charge on any atom is 1.00 e. The van der Waals surface area contributed by atoms with Gasteiger partial charge in [-0.3, -0.25) is 4.79 Å².